The van der Waals surface area contributed by atoms with Crippen LogP contribution in [0.25, 0.3) is 0 Å². The Labute approximate surface area is 119 Å². The average molecular weight is 318 g/mol. The third-order valence-corrected chi connectivity index (χ3v) is 3.59. The van der Waals surface area contributed by atoms with Gasteiger partial charge in [-0.15, -0.1) is 0 Å². The Morgan fingerprint density at radius 3 is 2.89 bits per heavy atom. The van der Waals surface area contributed by atoms with E-state index in [4.69, 9.17) is 4.74 Å². The molecule has 19 heavy (non-hydrogen) atoms. The van der Waals surface area contributed by atoms with Gasteiger partial charge in [-0.3, -0.25) is 4.79 Å². The maximum Gasteiger partial charge on any atom is 0.251 e. The van der Waals surface area contributed by atoms with Gasteiger partial charge in [-0.2, -0.15) is 0 Å². The van der Waals surface area contributed by atoms with Gasteiger partial charge in [0.15, 0.2) is 0 Å². The van der Waals surface area contributed by atoms with Gasteiger partial charge in [-0.05, 0) is 24.3 Å². The minimum Gasteiger partial charge on any atom is -0.491 e. The van der Waals surface area contributed by atoms with Gasteiger partial charge in [-0.25, -0.2) is 0 Å². The van der Waals surface area contributed by atoms with E-state index in [9.17, 15) is 4.79 Å². The number of halogens is 1. The van der Waals surface area contributed by atoms with Crippen LogP contribution in [-0.4, -0.2) is 12.5 Å². The molecule has 1 amide bonds. The highest BCUT2D eigenvalue weighted by Crippen LogP contribution is 2.31. The van der Waals surface area contributed by atoms with Crippen LogP contribution >= 0.6 is 15.9 Å². The van der Waals surface area contributed by atoms with Crippen molar-refractivity contribution in [1.82, 2.24) is 5.32 Å². The van der Waals surface area contributed by atoms with Crippen LogP contribution in [0.5, 0.6) is 5.75 Å². The lowest BCUT2D eigenvalue weighted by Gasteiger charge is -2.11. The second-order valence-corrected chi connectivity index (χ2v) is 5.30. The monoisotopic (exact) mass is 317 g/mol. The molecule has 3 nitrogen and oxygen atoms in total. The zero-order valence-corrected chi connectivity index (χ0v) is 11.7. The normalized spacial score (nSPS) is 16.6. The van der Waals surface area contributed by atoms with E-state index in [0.717, 1.165) is 15.8 Å². The maximum atomic E-state index is 12.2. The Bertz CT molecular complexity index is 627. The van der Waals surface area contributed by atoms with Crippen molar-refractivity contribution in [1.29, 1.82) is 0 Å². The summed E-state index contributed by atoms with van der Waals surface area (Å²) in [5, 5.41) is 2.99. The summed E-state index contributed by atoms with van der Waals surface area (Å²) in [5.74, 6) is 0.758. The molecule has 1 aliphatic heterocycles. The van der Waals surface area contributed by atoms with Crippen molar-refractivity contribution in [3.8, 4) is 5.75 Å². The predicted octanol–water partition coefficient (Wildman–Crippen LogP) is 3.31. The first-order valence-corrected chi connectivity index (χ1v) is 6.81. The highest BCUT2D eigenvalue weighted by Gasteiger charge is 2.25. The third-order valence-electron chi connectivity index (χ3n) is 3.09. The summed E-state index contributed by atoms with van der Waals surface area (Å²) in [7, 11) is 0. The number of benzene rings is 2. The van der Waals surface area contributed by atoms with E-state index in [1.807, 2.05) is 36.4 Å². The fraction of sp³-hybridized carbons (Fsp3) is 0.133. The minimum atomic E-state index is -0.0911. The van der Waals surface area contributed by atoms with Gasteiger partial charge in [0.2, 0.25) is 0 Å². The van der Waals surface area contributed by atoms with Crippen molar-refractivity contribution >= 4 is 21.8 Å². The van der Waals surface area contributed by atoms with Gasteiger partial charge in [0, 0.05) is 15.6 Å². The topological polar surface area (TPSA) is 38.3 Å². The molecule has 0 radical (unpaired) electrons. The second kappa shape index (κ2) is 5.05. The zero-order valence-electron chi connectivity index (χ0n) is 10.1. The lowest BCUT2D eigenvalue weighted by molar-refractivity contribution is 0.0930. The molecule has 1 unspecified atom stereocenters. The van der Waals surface area contributed by atoms with Crippen molar-refractivity contribution in [2.75, 3.05) is 6.61 Å². The van der Waals surface area contributed by atoms with Gasteiger partial charge in [-0.1, -0.05) is 40.2 Å². The number of hydrogen-bond donors (Lipinski definition) is 1. The molecule has 0 saturated heterocycles. The first-order chi connectivity index (χ1) is 9.24. The second-order valence-electron chi connectivity index (χ2n) is 4.39. The predicted molar refractivity (Wildman–Crippen MR) is 76.3 cm³/mol. The van der Waals surface area contributed by atoms with Gasteiger partial charge in [0.05, 0.1) is 6.04 Å². The Balaban J connectivity index is 1.78. The number of rotatable bonds is 2. The molecule has 96 valence electrons. The van der Waals surface area contributed by atoms with Crippen LogP contribution < -0.4 is 10.1 Å². The number of ether oxygens (including phenoxy) is 1. The Morgan fingerprint density at radius 1 is 1.21 bits per heavy atom. The Kier molecular flexibility index (Phi) is 3.25. The van der Waals surface area contributed by atoms with Gasteiger partial charge >= 0.3 is 0 Å². The number of carbonyl (C=O) groups excluding carboxylic acids is 1. The summed E-state index contributed by atoms with van der Waals surface area (Å²) in [6.07, 6.45) is 0. The van der Waals surface area contributed by atoms with E-state index in [1.54, 1.807) is 12.1 Å². The lowest BCUT2D eigenvalue weighted by atomic mass is 10.1. The molecular weight excluding hydrogens is 306 g/mol. The SMILES string of the molecule is O=C(NC1COc2ccccc21)c1cccc(Br)c1. The minimum absolute atomic E-state index is 0.0809. The highest BCUT2D eigenvalue weighted by molar-refractivity contribution is 9.10. The van der Waals surface area contributed by atoms with E-state index in [2.05, 4.69) is 21.2 Å². The first-order valence-electron chi connectivity index (χ1n) is 6.02. The maximum absolute atomic E-state index is 12.2. The third kappa shape index (κ3) is 2.49. The molecular formula is C15H12BrNO2. The van der Waals surface area contributed by atoms with Crippen molar-refractivity contribution in [3.63, 3.8) is 0 Å². The summed E-state index contributed by atoms with van der Waals surface area (Å²) in [5.41, 5.74) is 1.67. The van der Waals surface area contributed by atoms with Crippen LogP contribution in [0.15, 0.2) is 53.0 Å². The van der Waals surface area contributed by atoms with Crippen LogP contribution in [0, 0.1) is 0 Å². The highest BCUT2D eigenvalue weighted by atomic mass is 79.9. The number of amides is 1. The fourth-order valence-electron chi connectivity index (χ4n) is 2.15. The van der Waals surface area contributed by atoms with Crippen molar-refractivity contribution < 1.29 is 9.53 Å². The Hall–Kier alpha value is -1.81. The van der Waals surface area contributed by atoms with E-state index in [-0.39, 0.29) is 11.9 Å². The molecule has 1 heterocycles. The van der Waals surface area contributed by atoms with Crippen molar-refractivity contribution in [2.45, 2.75) is 6.04 Å². The van der Waals surface area contributed by atoms with Gasteiger partial charge < -0.3 is 10.1 Å². The number of para-hydroxylation sites is 1. The van der Waals surface area contributed by atoms with Crippen molar-refractivity contribution in [2.24, 2.45) is 0 Å². The summed E-state index contributed by atoms with van der Waals surface area (Å²) in [4.78, 5) is 12.2. The van der Waals surface area contributed by atoms with Crippen LogP contribution in [0.3, 0.4) is 0 Å². The summed E-state index contributed by atoms with van der Waals surface area (Å²) < 4.78 is 6.44. The fourth-order valence-corrected chi connectivity index (χ4v) is 2.55. The quantitative estimate of drug-likeness (QED) is 0.922. The first kappa shape index (κ1) is 12.2. The molecule has 0 aliphatic carbocycles. The van der Waals surface area contributed by atoms with Crippen LogP contribution in [0.4, 0.5) is 0 Å². The van der Waals surface area contributed by atoms with Gasteiger partial charge in [0.1, 0.15) is 12.4 Å². The molecule has 1 atom stereocenters. The summed E-state index contributed by atoms with van der Waals surface area (Å²) in [6.45, 7) is 0.485. The van der Waals surface area contributed by atoms with E-state index in [0.29, 0.717) is 12.2 Å². The van der Waals surface area contributed by atoms with E-state index in [1.165, 1.54) is 0 Å². The average Bonchev–Trinajstić information content (AvgIpc) is 2.82. The molecule has 0 saturated carbocycles. The molecule has 1 N–H and O–H groups in total. The Morgan fingerprint density at radius 2 is 2.05 bits per heavy atom. The summed E-state index contributed by atoms with van der Waals surface area (Å²) in [6, 6.07) is 15.0. The molecule has 3 rings (SSSR count). The molecule has 0 aromatic heterocycles. The number of nitrogens with one attached hydrogen (secondary N) is 1. The number of fused-ring (bicyclic) bond motifs is 1. The largest absolute Gasteiger partial charge is 0.491 e. The number of hydrogen-bond acceptors (Lipinski definition) is 2. The molecule has 0 spiro atoms. The molecule has 1 aliphatic rings. The molecule has 0 fully saturated rings. The van der Waals surface area contributed by atoms with Crippen LogP contribution in [0.2, 0.25) is 0 Å². The smallest absolute Gasteiger partial charge is 0.251 e. The van der Waals surface area contributed by atoms with E-state index >= 15 is 0 Å². The molecule has 4 heteroatoms. The standard InChI is InChI=1S/C15H12BrNO2/c16-11-5-3-4-10(8-11)15(18)17-13-9-19-14-7-2-1-6-12(13)14/h1-8,13H,9H2,(H,17,18). The van der Waals surface area contributed by atoms with E-state index < -0.39 is 0 Å². The lowest BCUT2D eigenvalue weighted by Crippen LogP contribution is -2.29. The van der Waals surface area contributed by atoms with Crippen LogP contribution in [0.1, 0.15) is 22.0 Å². The molecule has 2 aromatic rings. The number of carbonyl (C=O) groups is 1. The van der Waals surface area contributed by atoms with Crippen LogP contribution in [-0.2, 0) is 0 Å². The zero-order chi connectivity index (χ0) is 13.2. The molecule has 2 aromatic carbocycles. The summed E-state index contributed by atoms with van der Waals surface area (Å²) >= 11 is 3.36. The molecule has 0 bridgehead atoms. The van der Waals surface area contributed by atoms with Gasteiger partial charge in [0.25, 0.3) is 5.91 Å². The van der Waals surface area contributed by atoms with Crippen molar-refractivity contribution in [3.05, 3.63) is 64.1 Å².